The fourth-order valence-electron chi connectivity index (χ4n) is 3.79. The summed E-state index contributed by atoms with van der Waals surface area (Å²) in [5.74, 6) is 0.921. The Labute approximate surface area is 206 Å². The second-order valence-corrected chi connectivity index (χ2v) is 8.82. The number of carbonyl (C=O) groups is 1. The Balaban J connectivity index is 1.68. The first-order chi connectivity index (χ1) is 16.9. The molecule has 2 heterocycles. The molecule has 0 aliphatic carbocycles. The van der Waals surface area contributed by atoms with Crippen LogP contribution in [0.2, 0.25) is 0 Å². The normalized spacial score (nSPS) is 12.5. The molecule has 0 saturated heterocycles. The van der Waals surface area contributed by atoms with E-state index in [4.69, 9.17) is 5.73 Å². The maximum atomic E-state index is 13.3. The molecule has 0 saturated carbocycles. The van der Waals surface area contributed by atoms with E-state index >= 15 is 0 Å². The molecule has 8 nitrogen and oxygen atoms in total. The molecule has 1 atom stereocenters. The molecule has 188 valence electrons. The highest BCUT2D eigenvalue weighted by atomic mass is 19.4. The van der Waals surface area contributed by atoms with Crippen molar-refractivity contribution >= 4 is 28.3 Å². The number of hydrogen-bond donors (Lipinski definition) is 2. The van der Waals surface area contributed by atoms with Crippen LogP contribution in [0.1, 0.15) is 29.9 Å². The van der Waals surface area contributed by atoms with E-state index in [1.54, 1.807) is 45.0 Å². The lowest BCUT2D eigenvalue weighted by Crippen LogP contribution is -2.26. The first-order valence-corrected chi connectivity index (χ1v) is 11.2. The van der Waals surface area contributed by atoms with Crippen molar-refractivity contribution in [2.45, 2.75) is 32.6 Å². The molecule has 4 aromatic rings. The van der Waals surface area contributed by atoms with E-state index in [2.05, 4.69) is 20.4 Å². The van der Waals surface area contributed by atoms with Crippen molar-refractivity contribution in [2.24, 2.45) is 0 Å². The lowest BCUT2D eigenvalue weighted by Gasteiger charge is -2.19. The predicted octanol–water partition coefficient (Wildman–Crippen LogP) is 4.66. The molecule has 0 bridgehead atoms. The number of amides is 1. The molecule has 0 unspecified atom stereocenters. The van der Waals surface area contributed by atoms with Gasteiger partial charge >= 0.3 is 6.18 Å². The summed E-state index contributed by atoms with van der Waals surface area (Å²) in [5.41, 5.74) is 7.67. The van der Waals surface area contributed by atoms with Crippen LogP contribution in [0, 0.1) is 6.92 Å². The number of halogens is 3. The zero-order valence-corrected chi connectivity index (χ0v) is 20.3. The van der Waals surface area contributed by atoms with Crippen LogP contribution < -0.4 is 11.1 Å². The Hall–Kier alpha value is -4.15. The van der Waals surface area contributed by atoms with E-state index in [-0.39, 0.29) is 18.1 Å². The first kappa shape index (κ1) is 25.0. The van der Waals surface area contributed by atoms with Crippen LogP contribution in [0.25, 0.3) is 22.0 Å². The van der Waals surface area contributed by atoms with Crippen molar-refractivity contribution in [1.29, 1.82) is 0 Å². The third-order valence-electron chi connectivity index (χ3n) is 5.73. The summed E-state index contributed by atoms with van der Waals surface area (Å²) in [7, 11) is 3.36. The summed E-state index contributed by atoms with van der Waals surface area (Å²) < 4.78 is 41.4. The maximum absolute atomic E-state index is 13.3. The van der Waals surface area contributed by atoms with Gasteiger partial charge in [0.15, 0.2) is 0 Å². The Morgan fingerprint density at radius 1 is 1.14 bits per heavy atom. The molecule has 3 N–H and O–H groups in total. The molecule has 2 aromatic carbocycles. The second-order valence-electron chi connectivity index (χ2n) is 8.82. The minimum absolute atomic E-state index is 0.0317. The lowest BCUT2D eigenvalue weighted by molar-refractivity contribution is -0.137. The second kappa shape index (κ2) is 9.48. The number of hydrogen-bond acceptors (Lipinski definition) is 6. The molecule has 11 heteroatoms. The number of nitrogens with zero attached hydrogens (tertiary/aromatic N) is 5. The minimum atomic E-state index is -4.50. The first-order valence-electron chi connectivity index (χ1n) is 11.2. The van der Waals surface area contributed by atoms with Crippen molar-refractivity contribution in [2.75, 3.05) is 25.1 Å². The number of aromatic nitrogens is 4. The van der Waals surface area contributed by atoms with E-state index in [1.807, 2.05) is 18.2 Å². The van der Waals surface area contributed by atoms with Crippen molar-refractivity contribution in [1.82, 2.24) is 24.6 Å². The van der Waals surface area contributed by atoms with E-state index in [9.17, 15) is 18.0 Å². The Bertz CT molecular complexity index is 1430. The fraction of sp³-hybridized carbons (Fsp3) is 0.280. The van der Waals surface area contributed by atoms with Crippen molar-refractivity contribution in [3.8, 4) is 11.1 Å². The number of nitrogen functional groups attached to an aromatic ring is 1. The van der Waals surface area contributed by atoms with Crippen LogP contribution >= 0.6 is 0 Å². The van der Waals surface area contributed by atoms with Crippen LogP contribution in [0.4, 0.5) is 24.7 Å². The number of likely N-dealkylation sites (N-methyl/N-ethyl adjacent to an activating group) is 1. The monoisotopic (exact) mass is 497 g/mol. The van der Waals surface area contributed by atoms with Gasteiger partial charge in [0.2, 0.25) is 5.91 Å². The van der Waals surface area contributed by atoms with Crippen molar-refractivity contribution in [3.05, 3.63) is 65.7 Å². The van der Waals surface area contributed by atoms with Gasteiger partial charge in [-0.1, -0.05) is 6.07 Å². The molecule has 1 amide bonds. The van der Waals surface area contributed by atoms with Gasteiger partial charge in [-0.25, -0.2) is 9.97 Å². The molecule has 0 aliphatic heterocycles. The molecular formula is C25H26F3N7O. The van der Waals surface area contributed by atoms with Crippen LogP contribution in [0.5, 0.6) is 0 Å². The highest BCUT2D eigenvalue weighted by Crippen LogP contribution is 2.34. The highest BCUT2D eigenvalue weighted by Gasteiger charge is 2.31. The molecule has 2 aromatic heterocycles. The number of alkyl halides is 3. The molecule has 0 spiro atoms. The lowest BCUT2D eigenvalue weighted by atomic mass is 10.0. The number of nitrogens with one attached hydrogen (secondary N) is 1. The van der Waals surface area contributed by atoms with E-state index in [0.717, 1.165) is 23.3 Å². The van der Waals surface area contributed by atoms with Gasteiger partial charge in [-0.2, -0.15) is 18.3 Å². The minimum Gasteiger partial charge on any atom is -0.399 e. The summed E-state index contributed by atoms with van der Waals surface area (Å²) in [6.45, 7) is 3.61. The zero-order chi connectivity index (χ0) is 26.2. The smallest absolute Gasteiger partial charge is 0.399 e. The fourth-order valence-corrected chi connectivity index (χ4v) is 3.79. The Morgan fingerprint density at radius 3 is 2.58 bits per heavy atom. The number of benzene rings is 2. The number of carbonyl (C=O) groups excluding carboxylic acids is 1. The number of aryl methyl sites for hydroxylation is 1. The molecular weight excluding hydrogens is 471 g/mol. The topological polar surface area (TPSA) is 102 Å². The molecule has 4 rings (SSSR count). The van der Waals surface area contributed by atoms with Crippen LogP contribution in [-0.2, 0) is 17.5 Å². The SMILES string of the molecule is Cc1nc(N[C@H](C)c2cc(N)cc(C(F)(F)F)c2)c2cc(-c3cnn(CC(=O)N(C)C)c3)ccc2n1. The Kier molecular flexibility index (Phi) is 6.57. The number of anilines is 2. The molecule has 0 radical (unpaired) electrons. The number of nitrogens with two attached hydrogens (primary N) is 1. The standard InChI is InChI=1S/C25H26F3N7O/c1-14(17-7-19(25(26,27)28)10-20(29)8-17)31-24-21-9-16(5-6-22(21)32-15(2)33-24)18-11-30-35(12-18)13-23(36)34(3)4/h5-12,14H,13,29H2,1-4H3,(H,31,32,33)/t14-/m1/s1. The van der Waals surface area contributed by atoms with E-state index in [0.29, 0.717) is 28.1 Å². The van der Waals surface area contributed by atoms with E-state index in [1.165, 1.54) is 11.0 Å². The summed E-state index contributed by atoms with van der Waals surface area (Å²) in [5, 5.41) is 8.20. The summed E-state index contributed by atoms with van der Waals surface area (Å²) in [4.78, 5) is 22.5. The van der Waals surface area contributed by atoms with Gasteiger partial charge < -0.3 is 16.0 Å². The summed E-state index contributed by atoms with van der Waals surface area (Å²) in [6, 6.07) is 8.62. The van der Waals surface area contributed by atoms with Gasteiger partial charge in [-0.3, -0.25) is 9.48 Å². The Morgan fingerprint density at radius 2 is 1.89 bits per heavy atom. The van der Waals surface area contributed by atoms with Gasteiger partial charge in [-0.15, -0.1) is 0 Å². The zero-order valence-electron chi connectivity index (χ0n) is 20.3. The van der Waals surface area contributed by atoms with Gasteiger partial charge in [0.25, 0.3) is 0 Å². The summed E-state index contributed by atoms with van der Waals surface area (Å²) in [6.07, 6.45) is -1.06. The van der Waals surface area contributed by atoms with Crippen molar-refractivity contribution < 1.29 is 18.0 Å². The highest BCUT2D eigenvalue weighted by molar-refractivity contribution is 5.92. The maximum Gasteiger partial charge on any atom is 0.416 e. The quantitative estimate of drug-likeness (QED) is 0.376. The van der Waals surface area contributed by atoms with Crippen molar-refractivity contribution in [3.63, 3.8) is 0 Å². The summed E-state index contributed by atoms with van der Waals surface area (Å²) >= 11 is 0. The van der Waals surface area contributed by atoms with Crippen LogP contribution in [0.15, 0.2) is 48.8 Å². The van der Waals surface area contributed by atoms with Gasteiger partial charge in [0.1, 0.15) is 18.2 Å². The average Bonchev–Trinajstić information content (AvgIpc) is 3.26. The van der Waals surface area contributed by atoms with E-state index < -0.39 is 17.8 Å². The predicted molar refractivity (Wildman–Crippen MR) is 132 cm³/mol. The third-order valence-corrected chi connectivity index (χ3v) is 5.73. The average molecular weight is 498 g/mol. The molecule has 0 aliphatic rings. The van der Waals surface area contributed by atoms with Gasteiger partial charge in [-0.05, 0) is 55.3 Å². The van der Waals surface area contributed by atoms with Crippen LogP contribution in [0.3, 0.4) is 0 Å². The number of rotatable bonds is 6. The molecule has 36 heavy (non-hydrogen) atoms. The largest absolute Gasteiger partial charge is 0.416 e. The molecule has 0 fully saturated rings. The third kappa shape index (κ3) is 5.40. The van der Waals surface area contributed by atoms with Crippen LogP contribution in [-0.4, -0.2) is 44.7 Å². The number of fused-ring (bicyclic) bond motifs is 1. The van der Waals surface area contributed by atoms with Gasteiger partial charge in [0.05, 0.1) is 23.3 Å². The van der Waals surface area contributed by atoms with Gasteiger partial charge in [0, 0.05) is 36.9 Å².